The average Bonchev–Trinajstić information content (AvgIpc) is 2.66. The first-order valence-electron chi connectivity index (χ1n) is 10.1. The van der Waals surface area contributed by atoms with E-state index in [4.69, 9.17) is 15.3 Å². The van der Waals surface area contributed by atoms with Crippen LogP contribution in [0.3, 0.4) is 0 Å². The molecular weight excluding hydrogens is 352 g/mol. The van der Waals surface area contributed by atoms with Crippen LogP contribution in [0, 0.1) is 0 Å². The fourth-order valence-corrected chi connectivity index (χ4v) is 3.00. The average molecular weight is 395 g/mol. The Labute approximate surface area is 164 Å². The lowest BCUT2D eigenvalue weighted by Gasteiger charge is -2.28. The number of hydrogen-bond acceptors (Lipinski definition) is 9. The molecule has 0 saturated carbocycles. The number of nitrogens with zero attached hydrogens (tertiary/aromatic N) is 3. The second-order valence-electron chi connectivity index (χ2n) is 6.60. The molecule has 0 atom stereocenters. The molecule has 27 heavy (non-hydrogen) atoms. The van der Waals surface area contributed by atoms with E-state index in [1.54, 1.807) is 0 Å². The topological polar surface area (TPSA) is 123 Å². The molecule has 164 valence electrons. The Morgan fingerprint density at radius 2 is 0.815 bits per heavy atom. The van der Waals surface area contributed by atoms with Gasteiger partial charge in [-0.15, -0.1) is 0 Å². The van der Waals surface area contributed by atoms with Crippen LogP contribution in [0.15, 0.2) is 0 Å². The molecule has 0 aliphatic rings. The van der Waals surface area contributed by atoms with Gasteiger partial charge in [-0.25, -0.2) is 0 Å². The Bertz CT molecular complexity index is 297. The molecule has 0 radical (unpaired) electrons. The number of aliphatic hydroxyl groups excluding tert-OH is 5. The Hall–Kier alpha value is -0.360. The van der Waals surface area contributed by atoms with Crippen molar-refractivity contribution in [2.45, 2.75) is 12.8 Å². The fourth-order valence-electron chi connectivity index (χ4n) is 3.00. The molecular formula is C18H42N4O5. The number of rotatable bonds is 21. The molecule has 9 heteroatoms. The Morgan fingerprint density at radius 1 is 0.407 bits per heavy atom. The molecule has 0 saturated heterocycles. The van der Waals surface area contributed by atoms with Crippen LogP contribution < -0.4 is 5.32 Å². The molecule has 0 bridgehead atoms. The molecule has 0 spiro atoms. The van der Waals surface area contributed by atoms with Crippen LogP contribution >= 0.6 is 0 Å². The number of hydrogen-bond donors (Lipinski definition) is 6. The largest absolute Gasteiger partial charge is 0.395 e. The van der Waals surface area contributed by atoms with Crippen molar-refractivity contribution < 1.29 is 25.5 Å². The van der Waals surface area contributed by atoms with Crippen LogP contribution in [0.5, 0.6) is 0 Å². The second kappa shape index (κ2) is 20.4. The first kappa shape index (κ1) is 26.6. The second-order valence-corrected chi connectivity index (χ2v) is 6.60. The van der Waals surface area contributed by atoms with Gasteiger partial charge in [0.25, 0.3) is 0 Å². The van der Waals surface area contributed by atoms with E-state index in [0.29, 0.717) is 32.7 Å². The third kappa shape index (κ3) is 16.3. The molecule has 0 aromatic carbocycles. The van der Waals surface area contributed by atoms with Gasteiger partial charge < -0.3 is 30.8 Å². The van der Waals surface area contributed by atoms with Crippen LogP contribution in [-0.4, -0.2) is 145 Å². The van der Waals surface area contributed by atoms with Gasteiger partial charge in [-0.2, -0.15) is 0 Å². The summed E-state index contributed by atoms with van der Waals surface area (Å²) in [5, 5.41) is 48.6. The Balaban J connectivity index is 4.18. The van der Waals surface area contributed by atoms with E-state index in [1.165, 1.54) is 0 Å². The predicted molar refractivity (Wildman–Crippen MR) is 107 cm³/mol. The van der Waals surface area contributed by atoms with Gasteiger partial charge in [-0.1, -0.05) is 0 Å². The predicted octanol–water partition coefficient (Wildman–Crippen LogP) is -2.78. The van der Waals surface area contributed by atoms with E-state index in [1.807, 2.05) is 4.90 Å². The summed E-state index contributed by atoms with van der Waals surface area (Å²) < 4.78 is 0. The summed E-state index contributed by atoms with van der Waals surface area (Å²) in [6, 6.07) is 0. The highest BCUT2D eigenvalue weighted by molar-refractivity contribution is 4.66. The first-order valence-corrected chi connectivity index (χ1v) is 10.1. The van der Waals surface area contributed by atoms with Gasteiger partial charge in [-0.3, -0.25) is 14.7 Å². The monoisotopic (exact) mass is 394 g/mol. The van der Waals surface area contributed by atoms with Crippen molar-refractivity contribution in [2.75, 3.05) is 105 Å². The van der Waals surface area contributed by atoms with Gasteiger partial charge >= 0.3 is 0 Å². The highest BCUT2D eigenvalue weighted by Gasteiger charge is 2.10. The van der Waals surface area contributed by atoms with E-state index < -0.39 is 0 Å². The molecule has 0 amide bonds. The normalized spacial score (nSPS) is 12.0. The highest BCUT2D eigenvalue weighted by Crippen LogP contribution is 1.98. The molecule has 0 aliphatic carbocycles. The molecule has 0 fully saturated rings. The zero-order valence-electron chi connectivity index (χ0n) is 16.8. The minimum atomic E-state index is 0.0869. The van der Waals surface area contributed by atoms with Crippen LogP contribution in [0.25, 0.3) is 0 Å². The van der Waals surface area contributed by atoms with Crippen molar-refractivity contribution in [1.29, 1.82) is 0 Å². The van der Waals surface area contributed by atoms with Gasteiger partial charge in [0.15, 0.2) is 0 Å². The smallest absolute Gasteiger partial charge is 0.0558 e. The van der Waals surface area contributed by atoms with Gasteiger partial charge in [0.1, 0.15) is 0 Å². The third-order valence-corrected chi connectivity index (χ3v) is 4.46. The third-order valence-electron chi connectivity index (χ3n) is 4.46. The maximum absolute atomic E-state index is 9.31. The highest BCUT2D eigenvalue weighted by atomic mass is 16.3. The van der Waals surface area contributed by atoms with Crippen molar-refractivity contribution in [3.63, 3.8) is 0 Å². The lowest BCUT2D eigenvalue weighted by Crippen LogP contribution is -2.40. The fraction of sp³-hybridized carbons (Fsp3) is 1.00. The van der Waals surface area contributed by atoms with Gasteiger partial charge in [-0.05, 0) is 39.0 Å². The minimum Gasteiger partial charge on any atom is -0.395 e. The summed E-state index contributed by atoms with van der Waals surface area (Å²) in [5.41, 5.74) is 0. The van der Waals surface area contributed by atoms with Crippen molar-refractivity contribution in [1.82, 2.24) is 20.0 Å². The quantitative estimate of drug-likeness (QED) is 0.115. The summed E-state index contributed by atoms with van der Waals surface area (Å²) in [4.78, 5) is 6.47. The van der Waals surface area contributed by atoms with Crippen LogP contribution in [-0.2, 0) is 0 Å². The zero-order chi connectivity index (χ0) is 20.2. The van der Waals surface area contributed by atoms with E-state index in [2.05, 4.69) is 15.1 Å². The number of nitrogens with one attached hydrogen (secondary N) is 1. The Morgan fingerprint density at radius 3 is 1.22 bits per heavy atom. The van der Waals surface area contributed by atoms with Gasteiger partial charge in [0, 0.05) is 45.8 Å². The lowest BCUT2D eigenvalue weighted by molar-refractivity contribution is 0.134. The van der Waals surface area contributed by atoms with E-state index >= 15 is 0 Å². The molecule has 6 N–H and O–H groups in total. The van der Waals surface area contributed by atoms with Crippen molar-refractivity contribution >= 4 is 0 Å². The van der Waals surface area contributed by atoms with Crippen LogP contribution in [0.2, 0.25) is 0 Å². The number of aliphatic hydroxyl groups is 5. The standard InChI is InChI=1S/C18H42N4O5/c23-14-4-19-3-1-5-20(10-15-24)8-9-21(11-16-25)6-2-7-22(12-17-26)13-18-27/h19,23-27H,1-18H2. The van der Waals surface area contributed by atoms with Crippen molar-refractivity contribution in [3.8, 4) is 0 Å². The van der Waals surface area contributed by atoms with Crippen LogP contribution in [0.1, 0.15) is 12.8 Å². The van der Waals surface area contributed by atoms with Gasteiger partial charge in [0.2, 0.25) is 0 Å². The molecule has 0 aliphatic heterocycles. The summed E-state index contributed by atoms with van der Waals surface area (Å²) in [5.74, 6) is 0. The summed E-state index contributed by atoms with van der Waals surface area (Å²) in [6.45, 7) is 8.57. The maximum Gasteiger partial charge on any atom is 0.0558 e. The molecule has 0 aromatic heterocycles. The molecule has 0 rings (SSSR count). The van der Waals surface area contributed by atoms with Crippen molar-refractivity contribution in [3.05, 3.63) is 0 Å². The first-order chi connectivity index (χ1) is 13.2. The Kier molecular flexibility index (Phi) is 20.1. The van der Waals surface area contributed by atoms with Gasteiger partial charge in [0.05, 0.1) is 33.0 Å². The minimum absolute atomic E-state index is 0.0869. The molecule has 0 unspecified atom stereocenters. The van der Waals surface area contributed by atoms with E-state index in [0.717, 1.165) is 52.1 Å². The molecule has 0 heterocycles. The maximum atomic E-state index is 9.31. The molecule has 0 aromatic rings. The van der Waals surface area contributed by atoms with Crippen LogP contribution in [0.4, 0.5) is 0 Å². The summed E-state index contributed by atoms with van der Waals surface area (Å²) >= 11 is 0. The molecule has 9 nitrogen and oxygen atoms in total. The van der Waals surface area contributed by atoms with E-state index in [9.17, 15) is 10.2 Å². The van der Waals surface area contributed by atoms with E-state index in [-0.39, 0.29) is 33.0 Å². The summed E-state index contributed by atoms with van der Waals surface area (Å²) in [7, 11) is 0. The SMILES string of the molecule is OCCNCCCN(CCO)CCN(CCO)CCCN(CCO)CCO. The lowest BCUT2D eigenvalue weighted by atomic mass is 10.3. The summed E-state index contributed by atoms with van der Waals surface area (Å²) in [6.07, 6.45) is 1.86. The zero-order valence-corrected chi connectivity index (χ0v) is 16.8. The van der Waals surface area contributed by atoms with Crippen molar-refractivity contribution in [2.24, 2.45) is 0 Å².